The monoisotopic (exact) mass is 686 g/mol. The van der Waals surface area contributed by atoms with Crippen LogP contribution in [0.3, 0.4) is 0 Å². The summed E-state index contributed by atoms with van der Waals surface area (Å²) in [5, 5.41) is 39.8. The number of esters is 2. The third kappa shape index (κ3) is 22.2. The van der Waals surface area contributed by atoms with E-state index in [1.165, 1.54) is 77.0 Å². The molecule has 0 aromatic carbocycles. The number of carbonyl (C=O) groups excluding carboxylic acids is 2. The lowest BCUT2D eigenvalue weighted by Gasteiger charge is -2.39. The van der Waals surface area contributed by atoms with E-state index in [2.05, 4.69) is 26.0 Å². The van der Waals surface area contributed by atoms with Gasteiger partial charge in [0.25, 0.3) is 0 Å². The van der Waals surface area contributed by atoms with Crippen LogP contribution in [0.15, 0.2) is 12.2 Å². The van der Waals surface area contributed by atoms with E-state index in [9.17, 15) is 30.0 Å². The van der Waals surface area contributed by atoms with E-state index in [1.54, 1.807) is 0 Å². The third-order valence-corrected chi connectivity index (χ3v) is 8.90. The Morgan fingerprint density at radius 3 is 1.62 bits per heavy atom. The van der Waals surface area contributed by atoms with E-state index in [4.69, 9.17) is 18.9 Å². The number of unbranched alkanes of at least 4 members (excludes halogenated alkanes) is 18. The van der Waals surface area contributed by atoms with Crippen LogP contribution in [0, 0.1) is 0 Å². The van der Waals surface area contributed by atoms with Crippen LogP contribution < -0.4 is 0 Å². The smallest absolute Gasteiger partial charge is 0.306 e. The van der Waals surface area contributed by atoms with Crippen molar-refractivity contribution in [1.82, 2.24) is 0 Å². The molecule has 0 aromatic heterocycles. The molecule has 10 heteroatoms. The molecule has 1 heterocycles. The molecule has 0 aromatic rings. The van der Waals surface area contributed by atoms with Crippen LogP contribution >= 0.6 is 0 Å². The van der Waals surface area contributed by atoms with Crippen molar-refractivity contribution in [2.24, 2.45) is 0 Å². The van der Waals surface area contributed by atoms with Gasteiger partial charge >= 0.3 is 11.9 Å². The van der Waals surface area contributed by atoms with Crippen molar-refractivity contribution in [3.8, 4) is 0 Å². The van der Waals surface area contributed by atoms with Crippen LogP contribution in [-0.4, -0.2) is 89.0 Å². The lowest BCUT2D eigenvalue weighted by atomic mass is 9.99. The standard InChI is InChI=1S/C38H70O10/c1-3-5-7-9-11-13-14-15-16-17-19-21-23-25-27-34(41)47-31(30-46-38-37(44)36(43)35(42)32(28-39)48-38)29-45-33(40)26-24-22-20-18-12-10-8-6-4-2/h14-15,31-32,35-39,42-44H,3-13,16-30H2,1-2H3/b15-14+/t31-,32-,35+,36?,37?,38-/m1/s1. The first-order chi connectivity index (χ1) is 23.3. The fraction of sp³-hybridized carbons (Fsp3) is 0.895. The van der Waals surface area contributed by atoms with E-state index < -0.39 is 49.4 Å². The van der Waals surface area contributed by atoms with Gasteiger partial charge in [-0.25, -0.2) is 0 Å². The Hall–Kier alpha value is -1.56. The Labute approximate surface area is 291 Å². The number of hydrogen-bond donors (Lipinski definition) is 4. The van der Waals surface area contributed by atoms with Gasteiger partial charge in [0.2, 0.25) is 0 Å². The number of ether oxygens (including phenoxy) is 4. The van der Waals surface area contributed by atoms with Crippen molar-refractivity contribution in [2.45, 2.75) is 198 Å². The van der Waals surface area contributed by atoms with Crippen molar-refractivity contribution in [3.05, 3.63) is 12.2 Å². The summed E-state index contributed by atoms with van der Waals surface area (Å²) in [5.74, 6) is -0.817. The van der Waals surface area contributed by atoms with Crippen LogP contribution in [0.5, 0.6) is 0 Å². The van der Waals surface area contributed by atoms with Gasteiger partial charge in [0.15, 0.2) is 12.4 Å². The third-order valence-electron chi connectivity index (χ3n) is 8.90. The highest BCUT2D eigenvalue weighted by atomic mass is 16.7. The van der Waals surface area contributed by atoms with Gasteiger partial charge in [0, 0.05) is 12.8 Å². The summed E-state index contributed by atoms with van der Waals surface area (Å²) in [7, 11) is 0. The molecule has 282 valence electrons. The Morgan fingerprint density at radius 2 is 1.10 bits per heavy atom. The molecular weight excluding hydrogens is 616 g/mol. The summed E-state index contributed by atoms with van der Waals surface area (Å²) in [6.45, 7) is 3.36. The minimum Gasteiger partial charge on any atom is -0.462 e. The van der Waals surface area contributed by atoms with Crippen molar-refractivity contribution >= 4 is 11.9 Å². The Balaban J connectivity index is 2.40. The second kappa shape index (κ2) is 30.3. The summed E-state index contributed by atoms with van der Waals surface area (Å²) in [6, 6.07) is 0. The van der Waals surface area contributed by atoms with Crippen molar-refractivity contribution < 1.29 is 49.0 Å². The average molecular weight is 687 g/mol. The fourth-order valence-electron chi connectivity index (χ4n) is 5.77. The van der Waals surface area contributed by atoms with Gasteiger partial charge in [-0.3, -0.25) is 9.59 Å². The van der Waals surface area contributed by atoms with Crippen LogP contribution in [0.4, 0.5) is 0 Å². The Kier molecular flexibility index (Phi) is 28.0. The second-order valence-corrected chi connectivity index (χ2v) is 13.4. The van der Waals surface area contributed by atoms with Crippen LogP contribution in [0.25, 0.3) is 0 Å². The largest absolute Gasteiger partial charge is 0.462 e. The molecule has 1 fully saturated rings. The van der Waals surface area contributed by atoms with Crippen molar-refractivity contribution in [2.75, 3.05) is 19.8 Å². The molecule has 4 N–H and O–H groups in total. The van der Waals surface area contributed by atoms with Gasteiger partial charge in [0.1, 0.15) is 31.0 Å². The molecular formula is C38H70O10. The fourth-order valence-corrected chi connectivity index (χ4v) is 5.77. The van der Waals surface area contributed by atoms with Gasteiger partial charge in [-0.1, -0.05) is 122 Å². The summed E-state index contributed by atoms with van der Waals surface area (Å²) >= 11 is 0. The van der Waals surface area contributed by atoms with Crippen molar-refractivity contribution in [1.29, 1.82) is 0 Å². The molecule has 1 rings (SSSR count). The molecule has 1 aliphatic rings. The highest BCUT2D eigenvalue weighted by Gasteiger charge is 2.44. The molecule has 0 spiro atoms. The molecule has 0 bridgehead atoms. The van der Waals surface area contributed by atoms with Gasteiger partial charge in [-0.15, -0.1) is 0 Å². The van der Waals surface area contributed by atoms with E-state index in [0.29, 0.717) is 6.42 Å². The van der Waals surface area contributed by atoms with Crippen LogP contribution in [-0.2, 0) is 28.5 Å². The number of allylic oxidation sites excluding steroid dienone is 2. The van der Waals surface area contributed by atoms with E-state index >= 15 is 0 Å². The maximum Gasteiger partial charge on any atom is 0.306 e. The molecule has 1 aliphatic heterocycles. The zero-order chi connectivity index (χ0) is 35.2. The van der Waals surface area contributed by atoms with E-state index in [1.807, 2.05) is 0 Å². The zero-order valence-corrected chi connectivity index (χ0v) is 30.2. The number of aliphatic hydroxyl groups is 4. The molecule has 0 saturated carbocycles. The quantitative estimate of drug-likeness (QED) is 0.0347. The topological polar surface area (TPSA) is 152 Å². The zero-order valence-electron chi connectivity index (χ0n) is 30.2. The second-order valence-electron chi connectivity index (χ2n) is 13.4. The average Bonchev–Trinajstić information content (AvgIpc) is 3.08. The number of hydrogen-bond acceptors (Lipinski definition) is 10. The van der Waals surface area contributed by atoms with E-state index in [-0.39, 0.29) is 32.0 Å². The summed E-state index contributed by atoms with van der Waals surface area (Å²) < 4.78 is 22.0. The summed E-state index contributed by atoms with van der Waals surface area (Å²) in [6.07, 6.45) is 20.9. The van der Waals surface area contributed by atoms with Crippen molar-refractivity contribution in [3.63, 3.8) is 0 Å². The van der Waals surface area contributed by atoms with Crippen LogP contribution in [0.2, 0.25) is 0 Å². The first-order valence-electron chi connectivity index (χ1n) is 19.3. The molecule has 0 aliphatic carbocycles. The number of carbonyl (C=O) groups is 2. The predicted octanol–water partition coefficient (Wildman–Crippen LogP) is 6.83. The molecule has 0 radical (unpaired) electrons. The van der Waals surface area contributed by atoms with Gasteiger partial charge < -0.3 is 39.4 Å². The molecule has 6 atom stereocenters. The summed E-state index contributed by atoms with van der Waals surface area (Å²) in [4.78, 5) is 25.1. The highest BCUT2D eigenvalue weighted by Crippen LogP contribution is 2.22. The molecule has 10 nitrogen and oxygen atoms in total. The lowest BCUT2D eigenvalue weighted by molar-refractivity contribution is -0.305. The summed E-state index contributed by atoms with van der Waals surface area (Å²) in [5.41, 5.74) is 0. The number of rotatable bonds is 31. The highest BCUT2D eigenvalue weighted by molar-refractivity contribution is 5.70. The van der Waals surface area contributed by atoms with Gasteiger partial charge in [0.05, 0.1) is 13.2 Å². The lowest BCUT2D eigenvalue weighted by Crippen LogP contribution is -2.59. The molecule has 2 unspecified atom stereocenters. The number of aliphatic hydroxyl groups excluding tert-OH is 4. The minimum atomic E-state index is -1.59. The molecule has 1 saturated heterocycles. The maximum absolute atomic E-state index is 12.7. The van der Waals surface area contributed by atoms with Gasteiger partial charge in [-0.05, 0) is 38.5 Å². The maximum atomic E-state index is 12.7. The first kappa shape index (κ1) is 44.5. The Bertz CT molecular complexity index is 804. The molecule has 48 heavy (non-hydrogen) atoms. The Morgan fingerprint density at radius 1 is 0.625 bits per heavy atom. The van der Waals surface area contributed by atoms with Crippen LogP contribution in [0.1, 0.15) is 162 Å². The normalized spacial score (nSPS) is 21.8. The van der Waals surface area contributed by atoms with Gasteiger partial charge in [-0.2, -0.15) is 0 Å². The predicted molar refractivity (Wildman–Crippen MR) is 187 cm³/mol. The SMILES string of the molecule is CCCCCCC/C=C/CCCCCCCC(=O)O[C@H](COC(=O)CCCCCCCCCCC)CO[C@@H]1O[C@H](CO)[C@H](O)C(O)C1O. The first-order valence-corrected chi connectivity index (χ1v) is 19.3. The minimum absolute atomic E-state index is 0.217. The van der Waals surface area contributed by atoms with E-state index in [0.717, 1.165) is 51.4 Å². The molecule has 0 amide bonds.